The van der Waals surface area contributed by atoms with Gasteiger partial charge in [-0.3, -0.25) is 10.0 Å². The van der Waals surface area contributed by atoms with Crippen LogP contribution in [0.4, 0.5) is 13.2 Å². The topological polar surface area (TPSA) is 78.9 Å². The molecule has 0 aliphatic carbocycles. The number of hydrogen-bond donors (Lipinski definition) is 2. The van der Waals surface area contributed by atoms with E-state index in [0.717, 1.165) is 17.7 Å². The summed E-state index contributed by atoms with van der Waals surface area (Å²) >= 11 is -0.510. The van der Waals surface area contributed by atoms with E-state index in [2.05, 4.69) is 0 Å². The molecular formula is C17H23F3N2O4S3. The fourth-order valence-corrected chi connectivity index (χ4v) is 5.19. The molecule has 2 atom stereocenters. The zero-order chi connectivity index (χ0) is 21.7. The Morgan fingerprint density at radius 3 is 2.31 bits per heavy atom. The van der Waals surface area contributed by atoms with Crippen molar-refractivity contribution in [3.63, 3.8) is 0 Å². The third-order valence-electron chi connectivity index (χ3n) is 4.56. The lowest BCUT2D eigenvalue weighted by molar-refractivity contribution is -0.132. The Morgan fingerprint density at radius 2 is 1.83 bits per heavy atom. The van der Waals surface area contributed by atoms with Gasteiger partial charge in [-0.25, -0.2) is 9.69 Å². The smallest absolute Gasteiger partial charge is 0.289 e. The molecule has 1 saturated heterocycles. The third-order valence-corrected chi connectivity index (χ3v) is 8.20. The second-order valence-electron chi connectivity index (χ2n) is 6.60. The van der Waals surface area contributed by atoms with E-state index in [9.17, 15) is 22.2 Å². The summed E-state index contributed by atoms with van der Waals surface area (Å²) in [5, 5.41) is 10.6. The van der Waals surface area contributed by atoms with Gasteiger partial charge in [0.1, 0.15) is 0 Å². The average molecular weight is 473 g/mol. The van der Waals surface area contributed by atoms with E-state index in [1.807, 2.05) is 0 Å². The molecule has 1 aliphatic heterocycles. The molecule has 1 aliphatic rings. The fraction of sp³-hybridized carbons (Fsp3) is 0.588. The van der Waals surface area contributed by atoms with Crippen molar-refractivity contribution in [1.82, 2.24) is 10.5 Å². The van der Waals surface area contributed by atoms with Crippen LogP contribution in [0.5, 0.6) is 0 Å². The van der Waals surface area contributed by atoms with Gasteiger partial charge in [-0.1, -0.05) is 6.92 Å². The van der Waals surface area contributed by atoms with E-state index in [0.29, 0.717) is 13.1 Å². The summed E-state index contributed by atoms with van der Waals surface area (Å²) in [7, 11) is 0. The highest BCUT2D eigenvalue weighted by Gasteiger charge is 2.41. The molecule has 1 fully saturated rings. The first-order chi connectivity index (χ1) is 13.6. The van der Waals surface area contributed by atoms with Crippen LogP contribution in [0.15, 0.2) is 34.1 Å². The average Bonchev–Trinajstić information content (AvgIpc) is 2.68. The van der Waals surface area contributed by atoms with Crippen LogP contribution in [0.3, 0.4) is 0 Å². The Morgan fingerprint density at radius 1 is 1.28 bits per heavy atom. The van der Waals surface area contributed by atoms with Gasteiger partial charge in [-0.15, -0.1) is 11.8 Å². The Kier molecular flexibility index (Phi) is 8.86. The Balaban J connectivity index is 1.83. The largest absolute Gasteiger partial charge is 0.446 e. The van der Waals surface area contributed by atoms with Crippen molar-refractivity contribution in [3.8, 4) is 0 Å². The summed E-state index contributed by atoms with van der Waals surface area (Å²) in [6, 6.07) is 6.27. The van der Waals surface area contributed by atoms with Crippen molar-refractivity contribution in [2.75, 3.05) is 13.1 Å². The van der Waals surface area contributed by atoms with Crippen molar-refractivity contribution in [2.45, 2.75) is 58.4 Å². The predicted octanol–water partition coefficient (Wildman–Crippen LogP) is 4.12. The molecule has 0 bridgehead atoms. The van der Waals surface area contributed by atoms with Crippen molar-refractivity contribution >= 4 is 40.5 Å². The molecule has 2 unspecified atom stereocenters. The van der Waals surface area contributed by atoms with Gasteiger partial charge in [0.25, 0.3) is 5.91 Å². The number of nitrogens with zero attached hydrogens (tertiary/aromatic N) is 1. The second kappa shape index (κ2) is 10.5. The van der Waals surface area contributed by atoms with E-state index in [1.165, 1.54) is 24.5 Å². The summed E-state index contributed by atoms with van der Waals surface area (Å²) in [4.78, 5) is 12.8. The van der Waals surface area contributed by atoms with Crippen LogP contribution in [0, 0.1) is 0 Å². The molecule has 2 rings (SSSR count). The first-order valence-electron chi connectivity index (χ1n) is 8.89. The molecule has 0 radical (unpaired) electrons. The minimum absolute atomic E-state index is 0.137. The molecule has 2 N–H and O–H groups in total. The number of halogens is 3. The molecule has 29 heavy (non-hydrogen) atoms. The highest BCUT2D eigenvalue weighted by atomic mass is 32.2. The van der Waals surface area contributed by atoms with Gasteiger partial charge in [0.2, 0.25) is 0 Å². The van der Waals surface area contributed by atoms with Crippen LogP contribution in [0.25, 0.3) is 0 Å². The minimum Gasteiger partial charge on any atom is -0.289 e. The molecule has 1 amide bonds. The zero-order valence-electron chi connectivity index (χ0n) is 15.9. The van der Waals surface area contributed by atoms with E-state index in [4.69, 9.17) is 9.49 Å². The molecular weight excluding hydrogens is 449 g/mol. The number of benzene rings is 1. The van der Waals surface area contributed by atoms with Gasteiger partial charge in [-0.05, 0) is 62.2 Å². The van der Waals surface area contributed by atoms with Gasteiger partial charge >= 0.3 is 5.51 Å². The standard InChI is InChI=1S/C17H23F3N2O4S3/c1-3-16(2,15(23)21-24)29(25)26-22-10-8-13(9-11-22)27-12-4-6-14(7-5-12)28-17(18,19)20/h4-7,13,24H,3,8-11H2,1-2H3,(H,21,23). The van der Waals surface area contributed by atoms with Crippen molar-refractivity contribution < 1.29 is 31.7 Å². The number of hydrogen-bond acceptors (Lipinski definition) is 7. The number of piperidine rings is 1. The number of alkyl halides is 3. The molecule has 0 aromatic heterocycles. The molecule has 1 heterocycles. The molecule has 0 spiro atoms. The minimum atomic E-state index is -4.30. The van der Waals surface area contributed by atoms with Crippen LogP contribution in [-0.4, -0.2) is 49.0 Å². The first kappa shape index (κ1) is 24.5. The number of carbonyl (C=O) groups is 1. The van der Waals surface area contributed by atoms with Crippen LogP contribution in [0.2, 0.25) is 0 Å². The number of nitrogens with one attached hydrogen (secondary N) is 1. The van der Waals surface area contributed by atoms with Crippen molar-refractivity contribution in [2.24, 2.45) is 0 Å². The fourth-order valence-electron chi connectivity index (χ4n) is 2.59. The molecule has 1 aromatic rings. The predicted molar refractivity (Wildman–Crippen MR) is 107 cm³/mol. The number of rotatable bonds is 8. The normalized spacial score (nSPS) is 19.5. The summed E-state index contributed by atoms with van der Waals surface area (Å²) in [5.74, 6) is -0.768. The Bertz CT molecular complexity index is 713. The number of amides is 1. The van der Waals surface area contributed by atoms with E-state index in [-0.39, 0.29) is 28.3 Å². The monoisotopic (exact) mass is 472 g/mol. The lowest BCUT2D eigenvalue weighted by atomic mass is 10.1. The number of hydroxylamine groups is 3. The van der Waals surface area contributed by atoms with Gasteiger partial charge in [0.15, 0.2) is 15.8 Å². The van der Waals surface area contributed by atoms with E-state index >= 15 is 0 Å². The van der Waals surface area contributed by atoms with Crippen LogP contribution in [0.1, 0.15) is 33.1 Å². The second-order valence-corrected chi connectivity index (χ2v) is 10.6. The SMILES string of the molecule is CCC(C)(C(=O)NO)S(=O)ON1CCC(Sc2ccc(SC(F)(F)F)cc2)CC1. The molecule has 6 nitrogen and oxygen atoms in total. The summed E-state index contributed by atoms with van der Waals surface area (Å²) in [6.07, 6.45) is 1.69. The van der Waals surface area contributed by atoms with Crippen LogP contribution >= 0.6 is 23.5 Å². The summed E-state index contributed by atoms with van der Waals surface area (Å²) in [5.41, 5.74) is -2.77. The first-order valence-corrected chi connectivity index (χ1v) is 11.7. The summed E-state index contributed by atoms with van der Waals surface area (Å²) < 4.78 is 53.7. The maximum absolute atomic E-state index is 12.5. The number of thioether (sulfide) groups is 2. The van der Waals surface area contributed by atoms with Gasteiger partial charge in [0.05, 0.1) is 0 Å². The maximum atomic E-state index is 12.5. The highest BCUT2D eigenvalue weighted by Crippen LogP contribution is 2.38. The molecule has 1 aromatic carbocycles. The van der Waals surface area contributed by atoms with Crippen molar-refractivity contribution in [3.05, 3.63) is 24.3 Å². The number of carbonyl (C=O) groups excluding carboxylic acids is 1. The van der Waals surface area contributed by atoms with Crippen LogP contribution in [-0.2, 0) is 20.2 Å². The van der Waals surface area contributed by atoms with E-state index < -0.39 is 27.2 Å². The Hall–Kier alpha value is -0.790. The van der Waals surface area contributed by atoms with Gasteiger partial charge in [0, 0.05) is 28.1 Å². The van der Waals surface area contributed by atoms with Crippen molar-refractivity contribution in [1.29, 1.82) is 0 Å². The molecule has 12 heteroatoms. The quantitative estimate of drug-likeness (QED) is 0.335. The third kappa shape index (κ3) is 7.14. The summed E-state index contributed by atoms with van der Waals surface area (Å²) in [6.45, 7) is 4.15. The van der Waals surface area contributed by atoms with Gasteiger partial charge in [-0.2, -0.15) is 22.5 Å². The zero-order valence-corrected chi connectivity index (χ0v) is 18.3. The lowest BCUT2D eigenvalue weighted by Crippen LogP contribution is -2.49. The molecule has 0 saturated carbocycles. The molecule has 164 valence electrons. The highest BCUT2D eigenvalue weighted by molar-refractivity contribution is 8.00. The Labute approximate surface area is 178 Å². The maximum Gasteiger partial charge on any atom is 0.446 e. The van der Waals surface area contributed by atoms with Crippen LogP contribution < -0.4 is 5.48 Å². The lowest BCUT2D eigenvalue weighted by Gasteiger charge is -2.32. The van der Waals surface area contributed by atoms with E-state index in [1.54, 1.807) is 35.9 Å². The van der Waals surface area contributed by atoms with Gasteiger partial charge < -0.3 is 0 Å².